The molecule has 1 fully saturated rings. The lowest BCUT2D eigenvalue weighted by molar-refractivity contribution is -0.172. The predicted molar refractivity (Wildman–Crippen MR) is 77.0 cm³/mol. The first kappa shape index (κ1) is 17.4. The zero-order valence-corrected chi connectivity index (χ0v) is 12.7. The van der Waals surface area contributed by atoms with Gasteiger partial charge >= 0.3 is 6.18 Å². The molecule has 1 heterocycles. The molecule has 0 bridgehead atoms. The molecule has 5 nitrogen and oxygen atoms in total. The lowest BCUT2D eigenvalue weighted by Gasteiger charge is -2.27. The molecule has 0 spiro atoms. The highest BCUT2D eigenvalue weighted by molar-refractivity contribution is 5.76. The van der Waals surface area contributed by atoms with Crippen LogP contribution in [0.1, 0.15) is 31.4 Å². The number of carbonyl (C=O) groups is 1. The number of hydrogen-bond donors (Lipinski definition) is 2. The van der Waals surface area contributed by atoms with Gasteiger partial charge in [-0.1, -0.05) is 12.8 Å². The number of alkyl halides is 3. The van der Waals surface area contributed by atoms with E-state index < -0.39 is 36.1 Å². The largest absolute Gasteiger partial charge is 0.508 e. The molecular formula is C15H19F3N2O3. The van der Waals surface area contributed by atoms with E-state index in [1.54, 1.807) is 0 Å². The van der Waals surface area contributed by atoms with Gasteiger partial charge in [0.1, 0.15) is 18.3 Å². The molecule has 2 rings (SSSR count). The molecule has 1 amide bonds. The standard InChI is InChI=1S/C15H19F3N2O3/c1-9-6-11(21)7-13(23)20(9)8-12(22)19-14(15(16,17)18)10-4-2-3-5-10/h6-7,10,14,21H,2-5,8H2,1H3,(H,19,22)/t14-/m0/s1. The number of amides is 1. The fourth-order valence-corrected chi connectivity index (χ4v) is 3.03. The van der Waals surface area contributed by atoms with Crippen molar-refractivity contribution in [1.82, 2.24) is 9.88 Å². The maximum Gasteiger partial charge on any atom is 0.408 e. The lowest BCUT2D eigenvalue weighted by Crippen LogP contribution is -2.50. The van der Waals surface area contributed by atoms with Crippen molar-refractivity contribution in [2.75, 3.05) is 0 Å². The smallest absolute Gasteiger partial charge is 0.408 e. The van der Waals surface area contributed by atoms with Gasteiger partial charge in [-0.2, -0.15) is 13.2 Å². The first-order valence-corrected chi connectivity index (χ1v) is 7.45. The summed E-state index contributed by atoms with van der Waals surface area (Å²) >= 11 is 0. The average molecular weight is 332 g/mol. The summed E-state index contributed by atoms with van der Waals surface area (Å²) in [6.45, 7) is 0.983. The third-order valence-electron chi connectivity index (χ3n) is 4.16. The van der Waals surface area contributed by atoms with Crippen LogP contribution in [-0.2, 0) is 11.3 Å². The highest BCUT2D eigenvalue weighted by atomic mass is 19.4. The molecule has 1 aliphatic carbocycles. The van der Waals surface area contributed by atoms with Crippen LogP contribution in [0.15, 0.2) is 16.9 Å². The number of hydrogen-bond acceptors (Lipinski definition) is 3. The molecule has 23 heavy (non-hydrogen) atoms. The molecule has 1 saturated carbocycles. The van der Waals surface area contributed by atoms with Crippen molar-refractivity contribution < 1.29 is 23.1 Å². The summed E-state index contributed by atoms with van der Waals surface area (Å²) in [4.78, 5) is 23.7. The molecule has 128 valence electrons. The first-order valence-electron chi connectivity index (χ1n) is 7.45. The van der Waals surface area contributed by atoms with E-state index in [4.69, 9.17) is 0 Å². The summed E-state index contributed by atoms with van der Waals surface area (Å²) in [5.41, 5.74) is -0.336. The van der Waals surface area contributed by atoms with E-state index >= 15 is 0 Å². The average Bonchev–Trinajstić information content (AvgIpc) is 2.92. The number of nitrogens with one attached hydrogen (secondary N) is 1. The highest BCUT2D eigenvalue weighted by Gasteiger charge is 2.46. The number of halogens is 3. The van der Waals surface area contributed by atoms with Gasteiger partial charge in [0.05, 0.1) is 0 Å². The van der Waals surface area contributed by atoms with Crippen molar-refractivity contribution in [2.45, 2.75) is 51.4 Å². The maximum absolute atomic E-state index is 13.2. The van der Waals surface area contributed by atoms with Gasteiger partial charge in [0.2, 0.25) is 5.91 Å². The van der Waals surface area contributed by atoms with Gasteiger partial charge < -0.3 is 15.0 Å². The summed E-state index contributed by atoms with van der Waals surface area (Å²) in [6.07, 6.45) is -2.20. The van der Waals surface area contributed by atoms with E-state index in [9.17, 15) is 27.9 Å². The zero-order chi connectivity index (χ0) is 17.2. The van der Waals surface area contributed by atoms with Crippen molar-refractivity contribution in [2.24, 2.45) is 5.92 Å². The molecule has 8 heteroatoms. The van der Waals surface area contributed by atoms with E-state index in [-0.39, 0.29) is 5.75 Å². The highest BCUT2D eigenvalue weighted by Crippen LogP contribution is 2.35. The minimum Gasteiger partial charge on any atom is -0.508 e. The molecule has 1 aromatic heterocycles. The monoisotopic (exact) mass is 332 g/mol. The van der Waals surface area contributed by atoms with Gasteiger partial charge in [-0.15, -0.1) is 0 Å². The molecule has 0 saturated heterocycles. The van der Waals surface area contributed by atoms with Crippen LogP contribution >= 0.6 is 0 Å². The van der Waals surface area contributed by atoms with E-state index in [2.05, 4.69) is 0 Å². The first-order chi connectivity index (χ1) is 10.7. The Bertz CT molecular complexity index is 634. The lowest BCUT2D eigenvalue weighted by atomic mass is 9.97. The molecule has 1 atom stereocenters. The van der Waals surface area contributed by atoms with E-state index in [1.165, 1.54) is 13.0 Å². The molecule has 1 aromatic rings. The van der Waals surface area contributed by atoms with Crippen LogP contribution in [0.3, 0.4) is 0 Å². The summed E-state index contributed by atoms with van der Waals surface area (Å²) < 4.78 is 40.5. The second kappa shape index (κ2) is 6.64. The molecule has 1 aliphatic rings. The van der Waals surface area contributed by atoms with Crippen LogP contribution in [0, 0.1) is 12.8 Å². The third-order valence-corrected chi connectivity index (χ3v) is 4.16. The van der Waals surface area contributed by atoms with Gasteiger partial charge in [-0.05, 0) is 31.7 Å². The maximum atomic E-state index is 13.2. The normalized spacial score (nSPS) is 17.2. The van der Waals surface area contributed by atoms with Crippen LogP contribution in [-0.4, -0.2) is 27.8 Å². The Morgan fingerprint density at radius 3 is 2.52 bits per heavy atom. The number of rotatable bonds is 4. The molecule has 0 radical (unpaired) electrons. The summed E-state index contributed by atoms with van der Waals surface area (Å²) in [6, 6.07) is 0.302. The number of aromatic nitrogens is 1. The van der Waals surface area contributed by atoms with E-state index in [1.807, 2.05) is 5.32 Å². The quantitative estimate of drug-likeness (QED) is 0.887. The number of nitrogens with zero attached hydrogens (tertiary/aromatic N) is 1. The van der Waals surface area contributed by atoms with Crippen molar-refractivity contribution in [1.29, 1.82) is 0 Å². The topological polar surface area (TPSA) is 71.3 Å². The molecule has 0 aliphatic heterocycles. The van der Waals surface area contributed by atoms with Gasteiger partial charge in [-0.3, -0.25) is 9.59 Å². The molecule has 2 N–H and O–H groups in total. The summed E-state index contributed by atoms with van der Waals surface area (Å²) in [5, 5.41) is 11.3. The van der Waals surface area contributed by atoms with Crippen LogP contribution < -0.4 is 10.9 Å². The predicted octanol–water partition coefficient (Wildman–Crippen LogP) is 2.10. The summed E-state index contributed by atoms with van der Waals surface area (Å²) in [5.74, 6) is -1.73. The Hall–Kier alpha value is -1.99. The fourth-order valence-electron chi connectivity index (χ4n) is 3.03. The SMILES string of the molecule is Cc1cc(O)cc(=O)n1CC(=O)N[C@@H](C1CCCC1)C(F)(F)F. The van der Waals surface area contributed by atoms with Crippen molar-refractivity contribution in [3.8, 4) is 5.75 Å². The van der Waals surface area contributed by atoms with Gasteiger partial charge in [0, 0.05) is 11.8 Å². The third kappa shape index (κ3) is 4.27. The Labute approximate surface area is 131 Å². The zero-order valence-electron chi connectivity index (χ0n) is 12.7. The van der Waals surface area contributed by atoms with Crippen molar-refractivity contribution in [3.05, 3.63) is 28.2 Å². The number of pyridine rings is 1. The van der Waals surface area contributed by atoms with Crippen LogP contribution in [0.2, 0.25) is 0 Å². The minimum atomic E-state index is -4.51. The number of aromatic hydroxyl groups is 1. The number of aryl methyl sites for hydroxylation is 1. The molecule has 0 unspecified atom stereocenters. The second-order valence-electron chi connectivity index (χ2n) is 5.91. The Balaban J connectivity index is 2.12. The summed E-state index contributed by atoms with van der Waals surface area (Å²) in [7, 11) is 0. The van der Waals surface area contributed by atoms with E-state index in [0.717, 1.165) is 23.5 Å². The van der Waals surface area contributed by atoms with Crippen molar-refractivity contribution in [3.63, 3.8) is 0 Å². The Morgan fingerprint density at radius 2 is 2.00 bits per heavy atom. The van der Waals surface area contributed by atoms with Crippen LogP contribution in [0.4, 0.5) is 13.2 Å². The molecular weight excluding hydrogens is 313 g/mol. The fraction of sp³-hybridized carbons (Fsp3) is 0.600. The Kier molecular flexibility index (Phi) is 5.01. The van der Waals surface area contributed by atoms with E-state index in [0.29, 0.717) is 18.5 Å². The second-order valence-corrected chi connectivity index (χ2v) is 5.91. The van der Waals surface area contributed by atoms with Crippen LogP contribution in [0.5, 0.6) is 5.75 Å². The van der Waals surface area contributed by atoms with Gasteiger partial charge in [0.25, 0.3) is 5.56 Å². The number of carbonyl (C=O) groups excluding carboxylic acids is 1. The van der Waals surface area contributed by atoms with Crippen LogP contribution in [0.25, 0.3) is 0 Å². The van der Waals surface area contributed by atoms with Gasteiger partial charge in [-0.25, -0.2) is 0 Å². The minimum absolute atomic E-state index is 0.247. The van der Waals surface area contributed by atoms with Gasteiger partial charge in [0.15, 0.2) is 0 Å². The molecule has 0 aromatic carbocycles. The van der Waals surface area contributed by atoms with Crippen molar-refractivity contribution >= 4 is 5.91 Å². The Morgan fingerprint density at radius 1 is 1.39 bits per heavy atom.